The number of nitrogens with zero attached hydrogens (tertiary/aromatic N) is 2. The fourth-order valence-corrected chi connectivity index (χ4v) is 4.64. The molecular formula is C20H23F6N5O3. The molecule has 3 aliphatic rings. The van der Waals surface area contributed by atoms with E-state index in [4.69, 9.17) is 5.73 Å². The lowest BCUT2D eigenvalue weighted by Gasteiger charge is -2.48. The number of nitrogens with two attached hydrogens (primary N) is 1. The highest BCUT2D eigenvalue weighted by Crippen LogP contribution is 2.48. The number of halogens is 6. The molecule has 0 saturated carbocycles. The summed E-state index contributed by atoms with van der Waals surface area (Å²) in [4.78, 5) is 5.56. The lowest BCUT2D eigenvalue weighted by atomic mass is 9.72. The molecule has 188 valence electrons. The third-order valence-electron chi connectivity index (χ3n) is 6.38. The number of hydrogen-bond donors (Lipinski definition) is 6. The minimum absolute atomic E-state index is 0.0829. The van der Waals surface area contributed by atoms with Crippen LogP contribution in [0.2, 0.25) is 0 Å². The number of nitrogens with one attached hydrogen (secondary N) is 2. The number of piperidine rings is 1. The van der Waals surface area contributed by atoms with Gasteiger partial charge in [0.2, 0.25) is 5.60 Å². The number of dihydropyridines is 1. The zero-order chi connectivity index (χ0) is 25.1. The Labute approximate surface area is 189 Å². The smallest absolute Gasteiger partial charge is 0.385 e. The Hall–Kier alpha value is -2.55. The van der Waals surface area contributed by atoms with Gasteiger partial charge in [0.1, 0.15) is 17.7 Å². The third-order valence-corrected chi connectivity index (χ3v) is 6.38. The summed E-state index contributed by atoms with van der Waals surface area (Å²) < 4.78 is 80.3. The monoisotopic (exact) mass is 495 g/mol. The number of hydrogen-bond acceptors (Lipinski definition) is 8. The van der Waals surface area contributed by atoms with Crippen LogP contribution >= 0.6 is 0 Å². The van der Waals surface area contributed by atoms with E-state index < -0.39 is 53.5 Å². The highest BCUT2D eigenvalue weighted by molar-refractivity contribution is 5.51. The number of rotatable bonds is 2. The van der Waals surface area contributed by atoms with E-state index in [0.29, 0.717) is 5.82 Å². The number of aliphatic hydroxyl groups is 3. The number of aliphatic hydroxyl groups excluding tert-OH is 2. The first-order valence-corrected chi connectivity index (χ1v) is 10.4. The van der Waals surface area contributed by atoms with E-state index in [0.717, 1.165) is 12.3 Å². The van der Waals surface area contributed by atoms with Crippen molar-refractivity contribution in [2.24, 2.45) is 11.7 Å². The summed E-state index contributed by atoms with van der Waals surface area (Å²) >= 11 is 0. The second-order valence-corrected chi connectivity index (χ2v) is 8.50. The average molecular weight is 495 g/mol. The lowest BCUT2D eigenvalue weighted by Crippen LogP contribution is -2.69. The molecule has 4 unspecified atom stereocenters. The van der Waals surface area contributed by atoms with E-state index in [-0.39, 0.29) is 37.3 Å². The molecule has 4 rings (SSSR count). The molecule has 0 amide bonds. The van der Waals surface area contributed by atoms with Crippen LogP contribution < -0.4 is 21.3 Å². The second-order valence-electron chi connectivity index (χ2n) is 8.50. The summed E-state index contributed by atoms with van der Waals surface area (Å²) in [6.07, 6.45) is -12.8. The van der Waals surface area contributed by atoms with Gasteiger partial charge >= 0.3 is 12.4 Å². The van der Waals surface area contributed by atoms with E-state index in [2.05, 4.69) is 15.6 Å². The standard InChI is InChI=1S/C20H23F6N5O3/c21-19(22,23)10-1-2-13(28-8-10)31-5-3-9(4-6-31)11-7-12(27)29-16-14(11)18(34,20(24,25)26)15(32)17(33)30-16/h1-2,7-9,12,15,17,29-30,32-34H,3-6,27H2. The number of anilines is 1. The summed E-state index contributed by atoms with van der Waals surface area (Å²) in [7, 11) is 0. The van der Waals surface area contributed by atoms with Crippen LogP contribution in [0.15, 0.2) is 41.4 Å². The fraction of sp³-hybridized carbons (Fsp3) is 0.550. The van der Waals surface area contributed by atoms with Gasteiger partial charge in [0.15, 0.2) is 6.23 Å². The Balaban J connectivity index is 1.59. The second kappa shape index (κ2) is 8.29. The summed E-state index contributed by atoms with van der Waals surface area (Å²) in [6.45, 7) is 0.545. The molecule has 4 atom stereocenters. The molecule has 0 radical (unpaired) electrons. The molecule has 1 fully saturated rings. The van der Waals surface area contributed by atoms with Gasteiger partial charge in [-0.15, -0.1) is 0 Å². The molecule has 34 heavy (non-hydrogen) atoms. The molecule has 3 aliphatic heterocycles. The fourth-order valence-electron chi connectivity index (χ4n) is 4.64. The summed E-state index contributed by atoms with van der Waals surface area (Å²) in [5.41, 5.74) is 0.708. The van der Waals surface area contributed by atoms with Crippen LogP contribution in [0, 0.1) is 5.92 Å². The van der Waals surface area contributed by atoms with Crippen LogP contribution in [-0.2, 0) is 6.18 Å². The molecule has 0 spiro atoms. The zero-order valence-electron chi connectivity index (χ0n) is 17.5. The van der Waals surface area contributed by atoms with Gasteiger partial charge in [0, 0.05) is 24.9 Å². The van der Waals surface area contributed by atoms with E-state index in [1.807, 2.05) is 0 Å². The first-order valence-electron chi connectivity index (χ1n) is 10.4. The highest BCUT2D eigenvalue weighted by atomic mass is 19.4. The number of alkyl halides is 6. The molecule has 4 heterocycles. The van der Waals surface area contributed by atoms with Gasteiger partial charge in [-0.3, -0.25) is 0 Å². The van der Waals surface area contributed by atoms with Crippen LogP contribution in [0.25, 0.3) is 0 Å². The van der Waals surface area contributed by atoms with Crippen LogP contribution in [0.3, 0.4) is 0 Å². The van der Waals surface area contributed by atoms with Gasteiger partial charge in [-0.05, 0) is 42.5 Å². The van der Waals surface area contributed by atoms with Crippen molar-refractivity contribution in [2.75, 3.05) is 18.0 Å². The Bertz CT molecular complexity index is 988. The predicted octanol–water partition coefficient (Wildman–Crippen LogP) is 0.919. The van der Waals surface area contributed by atoms with Gasteiger partial charge in [-0.2, -0.15) is 26.3 Å². The number of aromatic nitrogens is 1. The molecule has 8 nitrogen and oxygen atoms in total. The Morgan fingerprint density at radius 2 is 1.71 bits per heavy atom. The van der Waals surface area contributed by atoms with Gasteiger partial charge in [0.05, 0.1) is 11.7 Å². The SMILES string of the molecule is NC1C=C(C2CCN(c3ccc(C(F)(F)F)cn3)CC2)C2=C(N1)NC(O)C(O)C2(O)C(F)(F)F. The van der Waals surface area contributed by atoms with Gasteiger partial charge in [-0.25, -0.2) is 4.98 Å². The van der Waals surface area contributed by atoms with E-state index >= 15 is 0 Å². The molecule has 1 saturated heterocycles. The van der Waals surface area contributed by atoms with Crippen LogP contribution in [0.5, 0.6) is 0 Å². The van der Waals surface area contributed by atoms with Gasteiger partial charge in [0.25, 0.3) is 0 Å². The maximum Gasteiger partial charge on any atom is 0.424 e. The first kappa shape index (κ1) is 24.6. The Morgan fingerprint density at radius 1 is 1.06 bits per heavy atom. The maximum atomic E-state index is 14.0. The third kappa shape index (κ3) is 4.08. The largest absolute Gasteiger partial charge is 0.424 e. The molecule has 14 heteroatoms. The predicted molar refractivity (Wildman–Crippen MR) is 107 cm³/mol. The van der Waals surface area contributed by atoms with Crippen molar-refractivity contribution < 1.29 is 41.7 Å². The Kier molecular flexibility index (Phi) is 5.99. The molecule has 1 aromatic heterocycles. The van der Waals surface area contributed by atoms with Crippen molar-refractivity contribution in [3.8, 4) is 0 Å². The van der Waals surface area contributed by atoms with Crippen molar-refractivity contribution in [1.82, 2.24) is 15.6 Å². The van der Waals surface area contributed by atoms with Crippen molar-refractivity contribution in [3.63, 3.8) is 0 Å². The molecule has 0 aliphatic carbocycles. The van der Waals surface area contributed by atoms with E-state index in [9.17, 15) is 41.7 Å². The molecular weight excluding hydrogens is 472 g/mol. The van der Waals surface area contributed by atoms with E-state index in [1.165, 1.54) is 12.1 Å². The van der Waals surface area contributed by atoms with Gasteiger partial charge in [-0.1, -0.05) is 0 Å². The van der Waals surface area contributed by atoms with Crippen molar-refractivity contribution in [2.45, 2.75) is 49.3 Å². The molecule has 1 aromatic rings. The minimum Gasteiger partial charge on any atom is -0.385 e. The van der Waals surface area contributed by atoms with Gasteiger partial charge < -0.3 is 36.6 Å². The topological polar surface area (TPSA) is 127 Å². The van der Waals surface area contributed by atoms with Crippen molar-refractivity contribution in [3.05, 3.63) is 46.9 Å². The van der Waals surface area contributed by atoms with Crippen LogP contribution in [0.1, 0.15) is 18.4 Å². The van der Waals surface area contributed by atoms with Crippen molar-refractivity contribution >= 4 is 5.82 Å². The average Bonchev–Trinajstić information content (AvgIpc) is 2.75. The van der Waals surface area contributed by atoms with Crippen molar-refractivity contribution in [1.29, 1.82) is 0 Å². The summed E-state index contributed by atoms with van der Waals surface area (Å²) in [6, 6.07) is 2.14. The summed E-state index contributed by atoms with van der Waals surface area (Å²) in [5, 5.41) is 35.6. The first-order chi connectivity index (χ1) is 15.7. The van der Waals surface area contributed by atoms with Crippen LogP contribution in [-0.4, -0.2) is 63.7 Å². The molecule has 0 bridgehead atoms. The zero-order valence-corrected chi connectivity index (χ0v) is 17.5. The normalized spacial score (nSPS) is 30.9. The highest BCUT2D eigenvalue weighted by Gasteiger charge is 2.66. The van der Waals surface area contributed by atoms with Crippen LogP contribution in [0.4, 0.5) is 32.2 Å². The minimum atomic E-state index is -5.32. The maximum absolute atomic E-state index is 14.0. The summed E-state index contributed by atoms with van der Waals surface area (Å²) in [5.74, 6) is -0.538. The lowest BCUT2D eigenvalue weighted by molar-refractivity contribution is -0.290. The quantitative estimate of drug-likeness (QED) is 0.335. The molecule has 0 aromatic carbocycles. The number of pyridine rings is 1. The Morgan fingerprint density at radius 3 is 2.24 bits per heavy atom. The molecule has 7 N–H and O–H groups in total. The van der Waals surface area contributed by atoms with E-state index in [1.54, 1.807) is 4.90 Å².